The first-order chi connectivity index (χ1) is 28.5. The van der Waals surface area contributed by atoms with Crippen molar-refractivity contribution in [3.8, 4) is 0 Å². The fourth-order valence-corrected chi connectivity index (χ4v) is 9.49. The highest BCUT2D eigenvalue weighted by Crippen LogP contribution is 2.37. The predicted molar refractivity (Wildman–Crippen MR) is 213 cm³/mol. The van der Waals surface area contributed by atoms with E-state index in [-0.39, 0.29) is 30.1 Å². The molecule has 1 atom stereocenters. The van der Waals surface area contributed by atoms with Crippen LogP contribution in [-0.4, -0.2) is 98.7 Å². The van der Waals surface area contributed by atoms with Gasteiger partial charge in [0.25, 0.3) is 5.91 Å². The summed E-state index contributed by atoms with van der Waals surface area (Å²) in [6.45, 7) is 8.29. The molecule has 17 heteroatoms. The second-order valence-corrected chi connectivity index (χ2v) is 17.1. The van der Waals surface area contributed by atoms with E-state index in [0.717, 1.165) is 82.2 Å². The SMILES string of the molecule is CC(C)(O)c1cc2nn(C3CCC(N4CCN(C5CCN(c6cc(F)c([C@H]7CCC(=O)NC7=O)c(F)c6)CC5)CC4)CC3)cc2cc1NC(=O)c1cccc(C(F)(F)F)n1. The number of nitrogens with zero attached hydrogens (tertiary/aromatic N) is 6. The fraction of sp³-hybridized carbons (Fsp3) is 0.512. The van der Waals surface area contributed by atoms with Gasteiger partial charge in [-0.1, -0.05) is 6.07 Å². The average Bonchev–Trinajstić information content (AvgIpc) is 3.64. The van der Waals surface area contributed by atoms with E-state index in [1.807, 2.05) is 15.8 Å². The first kappa shape index (κ1) is 41.7. The van der Waals surface area contributed by atoms with Crippen LogP contribution >= 0.6 is 0 Å². The van der Waals surface area contributed by atoms with Crippen LogP contribution in [0.3, 0.4) is 0 Å². The molecule has 4 aliphatic rings. The van der Waals surface area contributed by atoms with Gasteiger partial charge in [-0.25, -0.2) is 13.8 Å². The van der Waals surface area contributed by atoms with Gasteiger partial charge < -0.3 is 15.3 Å². The van der Waals surface area contributed by atoms with Crippen molar-refractivity contribution in [1.29, 1.82) is 0 Å². The summed E-state index contributed by atoms with van der Waals surface area (Å²) < 4.78 is 72.2. The first-order valence-electron chi connectivity index (χ1n) is 20.7. The summed E-state index contributed by atoms with van der Waals surface area (Å²) in [5.41, 5.74) is -1.50. The highest BCUT2D eigenvalue weighted by Gasteiger charge is 2.36. The van der Waals surface area contributed by atoms with Crippen LogP contribution < -0.4 is 15.5 Å². The lowest BCUT2D eigenvalue weighted by Gasteiger charge is -2.46. The molecule has 4 fully saturated rings. The van der Waals surface area contributed by atoms with Gasteiger partial charge in [-0.15, -0.1) is 0 Å². The van der Waals surface area contributed by atoms with E-state index in [0.29, 0.717) is 41.9 Å². The van der Waals surface area contributed by atoms with Gasteiger partial charge in [-0.05, 0) is 95.2 Å². The second kappa shape index (κ2) is 16.5. The maximum atomic E-state index is 15.2. The smallest absolute Gasteiger partial charge is 0.386 e. The van der Waals surface area contributed by atoms with Crippen molar-refractivity contribution < 1.29 is 41.4 Å². The van der Waals surface area contributed by atoms with Crippen molar-refractivity contribution in [2.24, 2.45) is 0 Å². The van der Waals surface area contributed by atoms with E-state index in [2.05, 4.69) is 25.4 Å². The molecule has 0 unspecified atom stereocenters. The van der Waals surface area contributed by atoms with Crippen LogP contribution in [0.4, 0.5) is 33.3 Å². The number of rotatable bonds is 8. The molecule has 2 aromatic carbocycles. The molecular formula is C43H49F5N8O4. The Balaban J connectivity index is 0.834. The number of piperidine rings is 2. The summed E-state index contributed by atoms with van der Waals surface area (Å²) in [5.74, 6) is -4.47. The molecule has 12 nitrogen and oxygen atoms in total. The number of anilines is 2. The van der Waals surface area contributed by atoms with Crippen molar-refractivity contribution >= 4 is 40.0 Å². The largest absolute Gasteiger partial charge is 0.433 e. The number of halogens is 5. The monoisotopic (exact) mass is 836 g/mol. The number of imide groups is 1. The minimum absolute atomic E-state index is 0.0469. The van der Waals surface area contributed by atoms with Gasteiger partial charge in [0.15, 0.2) is 0 Å². The molecule has 1 saturated carbocycles. The summed E-state index contributed by atoms with van der Waals surface area (Å²) in [7, 11) is 0. The molecule has 320 valence electrons. The molecular weight excluding hydrogens is 788 g/mol. The number of hydrogen-bond donors (Lipinski definition) is 3. The van der Waals surface area contributed by atoms with Gasteiger partial charge in [0.1, 0.15) is 23.0 Å². The van der Waals surface area contributed by atoms with Gasteiger partial charge in [-0.2, -0.15) is 18.3 Å². The number of hydrogen-bond acceptors (Lipinski definition) is 9. The number of fused-ring (bicyclic) bond motifs is 1. The van der Waals surface area contributed by atoms with E-state index in [1.165, 1.54) is 18.2 Å². The number of nitrogens with one attached hydrogen (secondary N) is 2. The van der Waals surface area contributed by atoms with E-state index in [9.17, 15) is 32.7 Å². The minimum atomic E-state index is -4.70. The average molecular weight is 837 g/mol. The number of carbonyl (C=O) groups is 3. The molecule has 0 bridgehead atoms. The Morgan fingerprint density at radius 1 is 0.833 bits per heavy atom. The number of aliphatic hydroxyl groups is 1. The molecule has 0 spiro atoms. The summed E-state index contributed by atoms with van der Waals surface area (Å²) in [6, 6.07) is 10.1. The number of piperazine rings is 1. The van der Waals surface area contributed by atoms with Crippen molar-refractivity contribution in [2.45, 2.75) is 101 Å². The molecule has 3 aliphatic heterocycles. The molecule has 3 saturated heterocycles. The number of aromatic nitrogens is 3. The summed E-state index contributed by atoms with van der Waals surface area (Å²) in [4.78, 5) is 47.5. The molecule has 0 radical (unpaired) electrons. The first-order valence-corrected chi connectivity index (χ1v) is 20.7. The lowest BCUT2D eigenvalue weighted by molar-refractivity contribution is -0.141. The lowest BCUT2D eigenvalue weighted by Crippen LogP contribution is -2.55. The number of alkyl halides is 3. The van der Waals surface area contributed by atoms with Crippen molar-refractivity contribution in [3.63, 3.8) is 0 Å². The van der Waals surface area contributed by atoms with E-state index in [4.69, 9.17) is 5.10 Å². The van der Waals surface area contributed by atoms with Crippen molar-refractivity contribution in [3.05, 3.63) is 82.8 Å². The molecule has 2 aromatic heterocycles. The third-order valence-electron chi connectivity index (χ3n) is 12.7. The van der Waals surface area contributed by atoms with Gasteiger partial charge in [0.05, 0.1) is 23.1 Å². The Kier molecular flexibility index (Phi) is 11.4. The lowest BCUT2D eigenvalue weighted by atomic mass is 9.89. The maximum absolute atomic E-state index is 15.2. The topological polar surface area (TPSA) is 136 Å². The number of carbonyl (C=O) groups excluding carboxylic acids is 3. The summed E-state index contributed by atoms with van der Waals surface area (Å²) >= 11 is 0. The van der Waals surface area contributed by atoms with Crippen molar-refractivity contribution in [2.75, 3.05) is 49.5 Å². The Hall–Kier alpha value is -5.00. The Morgan fingerprint density at radius 2 is 1.45 bits per heavy atom. The molecule has 8 rings (SSSR count). The van der Waals surface area contributed by atoms with Crippen LogP contribution in [0.15, 0.2) is 48.7 Å². The van der Waals surface area contributed by atoms with Crippen LogP contribution in [0, 0.1) is 11.6 Å². The number of amides is 3. The molecule has 3 N–H and O–H groups in total. The van der Waals surface area contributed by atoms with Crippen LogP contribution in [0.5, 0.6) is 0 Å². The van der Waals surface area contributed by atoms with Crippen molar-refractivity contribution in [1.82, 2.24) is 29.9 Å². The normalized spacial score (nSPS) is 22.9. The van der Waals surface area contributed by atoms with Crippen LogP contribution in [0.25, 0.3) is 10.9 Å². The fourth-order valence-electron chi connectivity index (χ4n) is 9.49. The van der Waals surface area contributed by atoms with Gasteiger partial charge in [-0.3, -0.25) is 34.2 Å². The third kappa shape index (κ3) is 8.75. The minimum Gasteiger partial charge on any atom is -0.386 e. The molecule has 3 amide bonds. The molecule has 1 aliphatic carbocycles. The van der Waals surface area contributed by atoms with Gasteiger partial charge in [0.2, 0.25) is 11.8 Å². The van der Waals surface area contributed by atoms with E-state index in [1.54, 1.807) is 26.0 Å². The Bertz CT molecular complexity index is 2250. The number of benzene rings is 2. The highest BCUT2D eigenvalue weighted by molar-refractivity contribution is 6.04. The standard InChI is InChI=1S/C43H49F5N8O4/c1-42(2,60)31-23-35-25(20-36(31)50-41(59)34-4-3-5-37(49-34)43(46,47)48)24-56(52-35)28-8-6-26(7-9-28)54-16-18-55(19-17-54)27-12-14-53(15-13-27)29-21-32(44)39(33(45)22-29)30-10-11-38(57)51-40(30)58/h3-5,20-24,26-28,30,60H,6-19H2,1-2H3,(H,50,59)(H,51,57,58)/t26?,28?,30-/m1/s1. The zero-order valence-corrected chi connectivity index (χ0v) is 33.6. The Morgan fingerprint density at radius 3 is 2.05 bits per heavy atom. The molecule has 5 heterocycles. The van der Waals surface area contributed by atoms with Gasteiger partial charge in [0, 0.05) is 91.9 Å². The quantitative estimate of drug-likeness (QED) is 0.134. The maximum Gasteiger partial charge on any atom is 0.433 e. The second-order valence-electron chi connectivity index (χ2n) is 17.1. The number of pyridine rings is 1. The Labute approximate surface area is 344 Å². The zero-order valence-electron chi connectivity index (χ0n) is 33.6. The third-order valence-corrected chi connectivity index (χ3v) is 12.7. The summed E-state index contributed by atoms with van der Waals surface area (Å²) in [5, 5.41) is 21.4. The summed E-state index contributed by atoms with van der Waals surface area (Å²) in [6.07, 6.45) is 2.97. The van der Waals surface area contributed by atoms with E-state index >= 15 is 8.78 Å². The molecule has 60 heavy (non-hydrogen) atoms. The van der Waals surface area contributed by atoms with Crippen LogP contribution in [0.2, 0.25) is 0 Å². The molecule has 4 aromatic rings. The van der Waals surface area contributed by atoms with Crippen LogP contribution in [-0.2, 0) is 21.4 Å². The van der Waals surface area contributed by atoms with Gasteiger partial charge >= 0.3 is 6.18 Å². The van der Waals surface area contributed by atoms with Crippen LogP contribution in [0.1, 0.15) is 104 Å². The van der Waals surface area contributed by atoms with E-state index < -0.39 is 58.4 Å². The predicted octanol–water partition coefficient (Wildman–Crippen LogP) is 6.50. The highest BCUT2D eigenvalue weighted by atomic mass is 19.4. The zero-order chi connectivity index (χ0) is 42.5.